The second-order valence-corrected chi connectivity index (χ2v) is 7.47. The number of nitrogens with one attached hydrogen (secondary N) is 1. The largest absolute Gasteiger partial charge is 0.355 e. The van der Waals surface area contributed by atoms with Gasteiger partial charge in [-0.3, -0.25) is 4.99 Å². The molecule has 0 spiro atoms. The zero-order valence-electron chi connectivity index (χ0n) is 14.3. The second kappa shape index (κ2) is 7.34. The van der Waals surface area contributed by atoms with E-state index >= 15 is 0 Å². The van der Waals surface area contributed by atoms with Gasteiger partial charge in [-0.2, -0.15) is 0 Å². The van der Waals surface area contributed by atoms with Crippen molar-refractivity contribution >= 4 is 17.3 Å². The fourth-order valence-electron chi connectivity index (χ4n) is 2.99. The van der Waals surface area contributed by atoms with Crippen molar-refractivity contribution < 1.29 is 4.39 Å². The van der Waals surface area contributed by atoms with Crippen LogP contribution < -0.4 is 5.32 Å². The van der Waals surface area contributed by atoms with Crippen molar-refractivity contribution in [3.63, 3.8) is 0 Å². The monoisotopic (exact) mass is 345 g/mol. The number of likely N-dealkylation sites (N-methyl/N-ethyl adjacent to an activating group) is 1. The molecule has 1 aliphatic rings. The molecule has 1 N–H and O–H groups in total. The molecule has 1 aliphatic carbocycles. The standard InChI is InChI=1S/C19H24FN3S/c1-21-18(23(2)12-9-17-4-3-13-24-17)22-14-19(10-11-19)15-5-7-16(20)8-6-15/h3-8,13H,9-12,14H2,1-2H3,(H,21,22). The molecule has 0 atom stereocenters. The summed E-state index contributed by atoms with van der Waals surface area (Å²) < 4.78 is 13.1. The van der Waals surface area contributed by atoms with Crippen molar-refractivity contribution in [2.24, 2.45) is 4.99 Å². The number of halogens is 1. The molecule has 1 aromatic heterocycles. The van der Waals surface area contributed by atoms with Gasteiger partial charge in [0.1, 0.15) is 5.82 Å². The topological polar surface area (TPSA) is 27.6 Å². The van der Waals surface area contributed by atoms with E-state index in [-0.39, 0.29) is 11.2 Å². The highest BCUT2D eigenvalue weighted by atomic mass is 32.1. The third-order valence-electron chi connectivity index (χ3n) is 4.74. The molecule has 0 bridgehead atoms. The van der Waals surface area contributed by atoms with Crippen LogP contribution in [0.4, 0.5) is 4.39 Å². The Morgan fingerprint density at radius 2 is 2.04 bits per heavy atom. The van der Waals surface area contributed by atoms with E-state index < -0.39 is 0 Å². The fourth-order valence-corrected chi connectivity index (χ4v) is 3.69. The van der Waals surface area contributed by atoms with Crippen molar-refractivity contribution in [1.29, 1.82) is 0 Å². The summed E-state index contributed by atoms with van der Waals surface area (Å²) in [7, 11) is 3.89. The lowest BCUT2D eigenvalue weighted by Crippen LogP contribution is -2.43. The van der Waals surface area contributed by atoms with Crippen molar-refractivity contribution in [3.8, 4) is 0 Å². The predicted molar refractivity (Wildman–Crippen MR) is 99.3 cm³/mol. The Morgan fingerprint density at radius 3 is 2.62 bits per heavy atom. The number of guanidine groups is 1. The van der Waals surface area contributed by atoms with Gasteiger partial charge in [0.25, 0.3) is 0 Å². The number of aliphatic imine (C=N–C) groups is 1. The highest BCUT2D eigenvalue weighted by Crippen LogP contribution is 2.47. The van der Waals surface area contributed by atoms with Gasteiger partial charge in [0, 0.05) is 37.5 Å². The number of benzene rings is 1. The van der Waals surface area contributed by atoms with Crippen LogP contribution in [-0.2, 0) is 11.8 Å². The van der Waals surface area contributed by atoms with Gasteiger partial charge in [0.15, 0.2) is 5.96 Å². The van der Waals surface area contributed by atoms with Crippen LogP contribution in [0.3, 0.4) is 0 Å². The van der Waals surface area contributed by atoms with Gasteiger partial charge in [-0.15, -0.1) is 11.3 Å². The fraction of sp³-hybridized carbons (Fsp3) is 0.421. The minimum atomic E-state index is -0.174. The summed E-state index contributed by atoms with van der Waals surface area (Å²) >= 11 is 1.79. The minimum absolute atomic E-state index is 0.137. The molecule has 3 rings (SSSR count). The molecule has 0 unspecified atom stereocenters. The highest BCUT2D eigenvalue weighted by molar-refractivity contribution is 7.09. The van der Waals surface area contributed by atoms with Gasteiger partial charge in [0.2, 0.25) is 0 Å². The summed E-state index contributed by atoms with van der Waals surface area (Å²) in [6, 6.07) is 11.2. The first-order valence-electron chi connectivity index (χ1n) is 8.33. The summed E-state index contributed by atoms with van der Waals surface area (Å²) in [5, 5.41) is 5.61. The maximum atomic E-state index is 13.1. The molecule has 1 fully saturated rings. The summed E-state index contributed by atoms with van der Waals surface area (Å²) in [6.45, 7) is 1.78. The van der Waals surface area contributed by atoms with E-state index in [1.165, 1.54) is 10.4 Å². The first-order valence-corrected chi connectivity index (χ1v) is 9.21. The van der Waals surface area contributed by atoms with Gasteiger partial charge in [-0.1, -0.05) is 18.2 Å². The van der Waals surface area contributed by atoms with Gasteiger partial charge >= 0.3 is 0 Å². The van der Waals surface area contributed by atoms with Crippen molar-refractivity contribution in [2.45, 2.75) is 24.7 Å². The Bertz CT molecular complexity index is 675. The molecule has 0 radical (unpaired) electrons. The highest BCUT2D eigenvalue weighted by Gasteiger charge is 2.44. The Labute approximate surface area is 147 Å². The average Bonchev–Trinajstić information content (AvgIpc) is 3.19. The van der Waals surface area contributed by atoms with Gasteiger partial charge in [0.05, 0.1) is 0 Å². The average molecular weight is 345 g/mol. The molecule has 2 aromatic rings. The summed E-state index contributed by atoms with van der Waals surface area (Å²) in [6.07, 6.45) is 3.31. The number of thiophene rings is 1. The lowest BCUT2D eigenvalue weighted by atomic mass is 9.96. The van der Waals surface area contributed by atoms with Gasteiger partial charge in [-0.05, 0) is 48.4 Å². The molecule has 0 amide bonds. The Morgan fingerprint density at radius 1 is 1.29 bits per heavy atom. The lowest BCUT2D eigenvalue weighted by molar-refractivity contribution is 0.479. The van der Waals surface area contributed by atoms with Crippen LogP contribution in [-0.4, -0.2) is 38.0 Å². The van der Waals surface area contributed by atoms with Crippen LogP contribution in [0.25, 0.3) is 0 Å². The van der Waals surface area contributed by atoms with Crippen LogP contribution in [0.2, 0.25) is 0 Å². The zero-order chi connectivity index (χ0) is 17.0. The van der Waals surface area contributed by atoms with E-state index in [0.29, 0.717) is 0 Å². The zero-order valence-corrected chi connectivity index (χ0v) is 15.1. The van der Waals surface area contributed by atoms with E-state index in [1.807, 2.05) is 19.2 Å². The molecule has 5 heteroatoms. The first-order chi connectivity index (χ1) is 11.6. The van der Waals surface area contributed by atoms with Gasteiger partial charge < -0.3 is 10.2 Å². The Hall–Kier alpha value is -1.88. The maximum absolute atomic E-state index is 13.1. The lowest BCUT2D eigenvalue weighted by Gasteiger charge is -2.24. The minimum Gasteiger partial charge on any atom is -0.355 e. The predicted octanol–water partition coefficient (Wildman–Crippen LogP) is 3.67. The Kier molecular flexibility index (Phi) is 5.19. The van der Waals surface area contributed by atoms with E-state index in [0.717, 1.165) is 38.3 Å². The van der Waals surface area contributed by atoms with Crippen molar-refractivity contribution in [2.75, 3.05) is 27.2 Å². The van der Waals surface area contributed by atoms with E-state index in [4.69, 9.17) is 0 Å². The van der Waals surface area contributed by atoms with Crippen molar-refractivity contribution in [3.05, 3.63) is 58.0 Å². The van der Waals surface area contributed by atoms with Crippen LogP contribution in [0.5, 0.6) is 0 Å². The van der Waals surface area contributed by atoms with Crippen LogP contribution in [0.15, 0.2) is 46.8 Å². The molecule has 24 heavy (non-hydrogen) atoms. The Balaban J connectivity index is 1.54. The smallest absolute Gasteiger partial charge is 0.193 e. The van der Waals surface area contributed by atoms with E-state index in [1.54, 1.807) is 23.5 Å². The van der Waals surface area contributed by atoms with E-state index in [2.05, 4.69) is 39.8 Å². The maximum Gasteiger partial charge on any atom is 0.193 e. The van der Waals surface area contributed by atoms with Gasteiger partial charge in [-0.25, -0.2) is 4.39 Å². The normalized spacial score (nSPS) is 16.0. The number of hydrogen-bond acceptors (Lipinski definition) is 2. The third kappa shape index (κ3) is 3.96. The molecular weight excluding hydrogens is 321 g/mol. The van der Waals surface area contributed by atoms with Crippen molar-refractivity contribution in [1.82, 2.24) is 10.2 Å². The number of nitrogens with zero attached hydrogens (tertiary/aromatic N) is 2. The molecule has 1 saturated carbocycles. The molecular formula is C19H24FN3S. The van der Waals surface area contributed by atoms with E-state index in [9.17, 15) is 4.39 Å². The second-order valence-electron chi connectivity index (χ2n) is 6.44. The molecule has 1 aromatic carbocycles. The molecule has 128 valence electrons. The summed E-state index contributed by atoms with van der Waals surface area (Å²) in [5.41, 5.74) is 1.35. The number of hydrogen-bond donors (Lipinski definition) is 1. The van der Waals surface area contributed by atoms with Crippen LogP contribution in [0.1, 0.15) is 23.3 Å². The van der Waals surface area contributed by atoms with Crippen LogP contribution >= 0.6 is 11.3 Å². The molecule has 1 heterocycles. The molecule has 3 nitrogen and oxygen atoms in total. The molecule has 0 saturated heterocycles. The SMILES string of the molecule is CN=C(NCC1(c2ccc(F)cc2)CC1)N(C)CCc1cccs1. The quantitative estimate of drug-likeness (QED) is 0.639. The summed E-state index contributed by atoms with van der Waals surface area (Å²) in [5.74, 6) is 0.742. The summed E-state index contributed by atoms with van der Waals surface area (Å²) in [4.78, 5) is 7.96. The third-order valence-corrected chi connectivity index (χ3v) is 5.68. The first kappa shape index (κ1) is 17.0. The van der Waals surface area contributed by atoms with Crippen LogP contribution in [0, 0.1) is 5.82 Å². The number of rotatable bonds is 6. The molecule has 0 aliphatic heterocycles.